The molecule has 0 aromatic rings. The van der Waals surface area contributed by atoms with Gasteiger partial charge in [-0.25, -0.2) is 8.42 Å². The summed E-state index contributed by atoms with van der Waals surface area (Å²) >= 11 is 0. The van der Waals surface area contributed by atoms with E-state index in [0.29, 0.717) is 32.0 Å². The van der Waals surface area contributed by atoms with E-state index in [2.05, 4.69) is 5.32 Å². The van der Waals surface area contributed by atoms with E-state index in [0.717, 1.165) is 6.42 Å². The molecule has 1 atom stereocenters. The maximum absolute atomic E-state index is 12.4. The zero-order valence-electron chi connectivity index (χ0n) is 14.5. The largest absolute Gasteiger partial charge is 0.348 e. The minimum absolute atomic E-state index is 0.0502. The lowest BCUT2D eigenvalue weighted by Gasteiger charge is -2.28. The van der Waals surface area contributed by atoms with Gasteiger partial charge in [0.1, 0.15) is 0 Å². The topological polar surface area (TPSA) is 86.8 Å². The van der Waals surface area contributed by atoms with Crippen molar-refractivity contribution in [2.24, 2.45) is 5.92 Å². The third kappa shape index (κ3) is 6.87. The number of likely N-dealkylation sites (N-methyl/N-ethyl adjacent to an activating group) is 1. The Morgan fingerprint density at radius 2 is 1.87 bits per heavy atom. The molecule has 0 aromatic carbocycles. The average molecular weight is 347 g/mol. The van der Waals surface area contributed by atoms with Crippen molar-refractivity contribution in [2.45, 2.75) is 32.7 Å². The molecule has 134 valence electrons. The van der Waals surface area contributed by atoms with Crippen LogP contribution in [0, 0.1) is 5.92 Å². The van der Waals surface area contributed by atoms with Gasteiger partial charge in [0.15, 0.2) is 9.84 Å². The van der Waals surface area contributed by atoms with Crippen LogP contribution in [0.5, 0.6) is 0 Å². The fraction of sp³-hybridized carbons (Fsp3) is 0.867. The molecule has 1 rings (SSSR count). The highest BCUT2D eigenvalue weighted by molar-refractivity contribution is 7.91. The van der Waals surface area contributed by atoms with E-state index in [4.69, 9.17) is 0 Å². The van der Waals surface area contributed by atoms with Crippen molar-refractivity contribution in [3.63, 3.8) is 0 Å². The minimum atomic E-state index is -3.11. The zero-order chi connectivity index (χ0) is 17.6. The van der Waals surface area contributed by atoms with Crippen LogP contribution >= 0.6 is 0 Å². The Hall–Kier alpha value is -1.15. The number of rotatable bonds is 7. The third-order valence-corrected chi connectivity index (χ3v) is 5.65. The van der Waals surface area contributed by atoms with Crippen LogP contribution in [0.15, 0.2) is 0 Å². The van der Waals surface area contributed by atoms with Crippen LogP contribution in [0.1, 0.15) is 26.7 Å². The first-order chi connectivity index (χ1) is 10.6. The maximum atomic E-state index is 12.4. The highest BCUT2D eigenvalue weighted by Crippen LogP contribution is 2.18. The SMILES string of the molecule is CC(C)CCNC(=O)C(=O)N(CCN(C)C)C1CCS(=O)(=O)C1. The number of hydrogen-bond donors (Lipinski definition) is 1. The zero-order valence-corrected chi connectivity index (χ0v) is 15.4. The lowest BCUT2D eigenvalue weighted by molar-refractivity contribution is -0.147. The summed E-state index contributed by atoms with van der Waals surface area (Å²) in [5, 5.41) is 2.63. The number of nitrogens with zero attached hydrogens (tertiary/aromatic N) is 2. The summed E-state index contributed by atoms with van der Waals surface area (Å²) in [6.45, 7) is 5.47. The van der Waals surface area contributed by atoms with Crippen molar-refractivity contribution >= 4 is 21.7 Å². The molecule has 1 fully saturated rings. The monoisotopic (exact) mass is 347 g/mol. The first-order valence-electron chi connectivity index (χ1n) is 8.06. The van der Waals surface area contributed by atoms with Crippen LogP contribution in [-0.2, 0) is 19.4 Å². The molecular weight excluding hydrogens is 318 g/mol. The van der Waals surface area contributed by atoms with Crippen molar-refractivity contribution in [1.82, 2.24) is 15.1 Å². The van der Waals surface area contributed by atoms with Gasteiger partial charge in [-0.2, -0.15) is 0 Å². The Bertz CT molecular complexity index is 517. The molecular formula is C15H29N3O4S. The molecule has 0 aromatic heterocycles. The molecule has 0 spiro atoms. The van der Waals surface area contributed by atoms with Crippen molar-refractivity contribution in [2.75, 3.05) is 45.2 Å². The highest BCUT2D eigenvalue weighted by atomic mass is 32.2. The summed E-state index contributed by atoms with van der Waals surface area (Å²) in [6, 6.07) is -0.400. The van der Waals surface area contributed by atoms with Gasteiger partial charge in [-0.15, -0.1) is 0 Å². The number of sulfone groups is 1. The van der Waals surface area contributed by atoms with Gasteiger partial charge in [-0.3, -0.25) is 9.59 Å². The molecule has 1 aliphatic rings. The predicted molar refractivity (Wildman–Crippen MR) is 89.8 cm³/mol. The Morgan fingerprint density at radius 3 is 2.35 bits per heavy atom. The number of carbonyl (C=O) groups is 2. The van der Waals surface area contributed by atoms with E-state index in [-0.39, 0.29) is 11.5 Å². The summed E-state index contributed by atoms with van der Waals surface area (Å²) in [5.41, 5.74) is 0. The van der Waals surface area contributed by atoms with Gasteiger partial charge < -0.3 is 15.1 Å². The second-order valence-corrected chi connectivity index (χ2v) is 9.03. The van der Waals surface area contributed by atoms with E-state index in [1.165, 1.54) is 4.90 Å². The molecule has 0 saturated carbocycles. The quantitative estimate of drug-likeness (QED) is 0.641. The Morgan fingerprint density at radius 1 is 1.22 bits per heavy atom. The Labute approximate surface area is 139 Å². The molecule has 1 unspecified atom stereocenters. The number of amides is 2. The molecule has 7 nitrogen and oxygen atoms in total. The molecule has 0 aliphatic carbocycles. The number of nitrogens with one attached hydrogen (secondary N) is 1. The second kappa shape index (κ2) is 8.63. The highest BCUT2D eigenvalue weighted by Gasteiger charge is 2.36. The smallest absolute Gasteiger partial charge is 0.312 e. The van der Waals surface area contributed by atoms with E-state index < -0.39 is 27.7 Å². The fourth-order valence-electron chi connectivity index (χ4n) is 2.46. The molecule has 1 heterocycles. The van der Waals surface area contributed by atoms with Crippen LogP contribution in [0.3, 0.4) is 0 Å². The molecule has 0 bridgehead atoms. The molecule has 0 radical (unpaired) electrons. The molecule has 8 heteroatoms. The molecule has 1 aliphatic heterocycles. The van der Waals surface area contributed by atoms with Gasteiger partial charge in [0.05, 0.1) is 11.5 Å². The van der Waals surface area contributed by atoms with Gasteiger partial charge >= 0.3 is 11.8 Å². The third-order valence-electron chi connectivity index (χ3n) is 3.90. The van der Waals surface area contributed by atoms with Crippen LogP contribution in [0.4, 0.5) is 0 Å². The summed E-state index contributed by atoms with van der Waals surface area (Å²) in [6.07, 6.45) is 1.20. The number of carbonyl (C=O) groups excluding carboxylic acids is 2. The number of hydrogen-bond acceptors (Lipinski definition) is 5. The Kier molecular flexibility index (Phi) is 7.47. The fourth-order valence-corrected chi connectivity index (χ4v) is 4.19. The van der Waals surface area contributed by atoms with Crippen molar-refractivity contribution in [3.05, 3.63) is 0 Å². The summed E-state index contributed by atoms with van der Waals surface area (Å²) in [4.78, 5) is 27.8. The van der Waals surface area contributed by atoms with Crippen molar-refractivity contribution < 1.29 is 18.0 Å². The van der Waals surface area contributed by atoms with E-state index in [1.54, 1.807) is 0 Å². The van der Waals surface area contributed by atoms with Crippen molar-refractivity contribution in [3.8, 4) is 0 Å². The molecule has 1 N–H and O–H groups in total. The van der Waals surface area contributed by atoms with Gasteiger partial charge in [0, 0.05) is 25.7 Å². The lowest BCUT2D eigenvalue weighted by Crippen LogP contribution is -2.50. The predicted octanol–water partition coefficient (Wildman–Crippen LogP) is -0.274. The van der Waals surface area contributed by atoms with E-state index in [1.807, 2.05) is 32.8 Å². The van der Waals surface area contributed by atoms with E-state index >= 15 is 0 Å². The van der Waals surface area contributed by atoms with Crippen LogP contribution in [0.25, 0.3) is 0 Å². The normalized spacial score (nSPS) is 20.0. The maximum Gasteiger partial charge on any atom is 0.312 e. The van der Waals surface area contributed by atoms with E-state index in [9.17, 15) is 18.0 Å². The molecule has 1 saturated heterocycles. The Balaban J connectivity index is 2.70. The standard InChI is InChI=1S/C15H29N3O4S/c1-12(2)5-7-16-14(19)15(20)18(9-8-17(3)4)13-6-10-23(21,22)11-13/h12-13H,5-11H2,1-4H3,(H,16,19). The molecule has 23 heavy (non-hydrogen) atoms. The van der Waals surface area contributed by atoms with Crippen LogP contribution in [-0.4, -0.2) is 81.3 Å². The summed E-state index contributed by atoms with van der Waals surface area (Å²) in [5.74, 6) is -0.800. The van der Waals surface area contributed by atoms with Gasteiger partial charge in [0.2, 0.25) is 0 Å². The first kappa shape index (κ1) is 19.9. The molecule has 2 amide bonds. The summed E-state index contributed by atoms with van der Waals surface area (Å²) in [7, 11) is 0.638. The second-order valence-electron chi connectivity index (χ2n) is 6.80. The average Bonchev–Trinajstić information content (AvgIpc) is 2.78. The van der Waals surface area contributed by atoms with Gasteiger partial charge in [-0.1, -0.05) is 13.8 Å². The first-order valence-corrected chi connectivity index (χ1v) is 9.88. The van der Waals surface area contributed by atoms with Gasteiger partial charge in [0.25, 0.3) is 0 Å². The lowest BCUT2D eigenvalue weighted by atomic mass is 10.1. The summed E-state index contributed by atoms with van der Waals surface area (Å²) < 4.78 is 23.3. The minimum Gasteiger partial charge on any atom is -0.348 e. The van der Waals surface area contributed by atoms with Crippen LogP contribution < -0.4 is 5.32 Å². The van der Waals surface area contributed by atoms with Crippen molar-refractivity contribution in [1.29, 1.82) is 0 Å². The van der Waals surface area contributed by atoms with Crippen LogP contribution in [0.2, 0.25) is 0 Å². The van der Waals surface area contributed by atoms with Gasteiger partial charge in [-0.05, 0) is 32.9 Å².